The molecule has 3 heterocycles. The summed E-state index contributed by atoms with van der Waals surface area (Å²) in [5.74, 6) is 1.34. The van der Waals surface area contributed by atoms with E-state index < -0.39 is 0 Å². The number of aromatic nitrogens is 3. The molecule has 0 radical (unpaired) electrons. The molecule has 108 valence electrons. The third-order valence-corrected chi connectivity index (χ3v) is 4.18. The zero-order valence-electron chi connectivity index (χ0n) is 11.9. The van der Waals surface area contributed by atoms with Gasteiger partial charge in [-0.3, -0.25) is 9.88 Å². The van der Waals surface area contributed by atoms with E-state index in [-0.39, 0.29) is 0 Å². The summed E-state index contributed by atoms with van der Waals surface area (Å²) in [5, 5.41) is 2.94. The molecule has 21 heavy (non-hydrogen) atoms. The van der Waals surface area contributed by atoms with Crippen LogP contribution in [0.2, 0.25) is 0 Å². The van der Waals surface area contributed by atoms with Crippen LogP contribution in [-0.2, 0) is 13.1 Å². The van der Waals surface area contributed by atoms with Crippen LogP contribution in [0.15, 0.2) is 36.0 Å². The molecule has 0 bridgehead atoms. The van der Waals surface area contributed by atoms with Gasteiger partial charge in [0.2, 0.25) is 0 Å². The van der Waals surface area contributed by atoms with Crippen LogP contribution >= 0.6 is 11.3 Å². The molecule has 0 saturated heterocycles. The lowest BCUT2D eigenvalue weighted by Crippen LogP contribution is -2.23. The molecule has 3 aromatic heterocycles. The number of hydrogen-bond acceptors (Lipinski definition) is 6. The Bertz CT molecular complexity index is 725. The van der Waals surface area contributed by atoms with Gasteiger partial charge in [0.1, 0.15) is 16.5 Å². The quantitative estimate of drug-likeness (QED) is 0.784. The Kier molecular flexibility index (Phi) is 4.08. The second kappa shape index (κ2) is 6.15. The monoisotopic (exact) mass is 299 g/mol. The summed E-state index contributed by atoms with van der Waals surface area (Å²) >= 11 is 1.60. The number of nitrogens with zero attached hydrogens (tertiary/aromatic N) is 4. The van der Waals surface area contributed by atoms with Crippen molar-refractivity contribution in [3.05, 3.63) is 47.4 Å². The van der Waals surface area contributed by atoms with E-state index in [2.05, 4.69) is 26.8 Å². The molecule has 3 rings (SSSR count). The van der Waals surface area contributed by atoms with Gasteiger partial charge in [0.25, 0.3) is 0 Å². The molecule has 0 aliphatic heterocycles. The highest BCUT2D eigenvalue weighted by Crippen LogP contribution is 2.23. The summed E-state index contributed by atoms with van der Waals surface area (Å²) in [4.78, 5) is 16.3. The Morgan fingerprint density at radius 3 is 2.71 bits per heavy atom. The molecule has 0 unspecified atom stereocenters. The smallest absolute Gasteiger partial charge is 0.146 e. The Labute approximate surface area is 127 Å². The lowest BCUT2D eigenvalue weighted by molar-refractivity contribution is 0.265. The zero-order valence-corrected chi connectivity index (χ0v) is 12.7. The number of anilines is 1. The van der Waals surface area contributed by atoms with Crippen molar-refractivity contribution in [2.24, 2.45) is 0 Å². The number of rotatable bonds is 5. The Balaban J connectivity index is 1.79. The van der Waals surface area contributed by atoms with Crippen LogP contribution in [-0.4, -0.2) is 26.4 Å². The van der Waals surface area contributed by atoms with Gasteiger partial charge in [-0.05, 0) is 35.7 Å². The highest BCUT2D eigenvalue weighted by Gasteiger charge is 2.10. The van der Waals surface area contributed by atoms with Crippen LogP contribution in [0.4, 0.5) is 5.82 Å². The van der Waals surface area contributed by atoms with Gasteiger partial charge in [0.15, 0.2) is 0 Å². The lowest BCUT2D eigenvalue weighted by Gasteiger charge is -2.19. The van der Waals surface area contributed by atoms with Crippen LogP contribution in [0.5, 0.6) is 0 Å². The van der Waals surface area contributed by atoms with E-state index in [1.807, 2.05) is 36.0 Å². The minimum atomic E-state index is 0.566. The average Bonchev–Trinajstić information content (AvgIpc) is 2.96. The number of hydrogen-bond donors (Lipinski definition) is 1. The van der Waals surface area contributed by atoms with E-state index in [0.29, 0.717) is 12.4 Å². The van der Waals surface area contributed by atoms with Crippen molar-refractivity contribution in [3.63, 3.8) is 0 Å². The lowest BCUT2D eigenvalue weighted by atomic mass is 10.2. The summed E-state index contributed by atoms with van der Waals surface area (Å²) in [6, 6.07) is 6.02. The topological polar surface area (TPSA) is 67.9 Å². The Morgan fingerprint density at radius 2 is 1.95 bits per heavy atom. The van der Waals surface area contributed by atoms with E-state index in [9.17, 15) is 0 Å². The van der Waals surface area contributed by atoms with Crippen molar-refractivity contribution in [2.75, 3.05) is 12.3 Å². The van der Waals surface area contributed by atoms with Gasteiger partial charge in [0, 0.05) is 18.9 Å². The van der Waals surface area contributed by atoms with Gasteiger partial charge in [-0.25, -0.2) is 9.97 Å². The van der Waals surface area contributed by atoms with Crippen molar-refractivity contribution < 1.29 is 0 Å². The third kappa shape index (κ3) is 3.17. The first-order chi connectivity index (χ1) is 10.3. The second-order valence-corrected chi connectivity index (χ2v) is 5.72. The van der Waals surface area contributed by atoms with Crippen molar-refractivity contribution >= 4 is 27.4 Å². The fourth-order valence-electron chi connectivity index (χ4n) is 2.22. The van der Waals surface area contributed by atoms with Gasteiger partial charge in [-0.2, -0.15) is 0 Å². The first-order valence-corrected chi connectivity index (χ1v) is 7.75. The van der Waals surface area contributed by atoms with Crippen LogP contribution in [0, 0.1) is 0 Å². The van der Waals surface area contributed by atoms with Crippen LogP contribution < -0.4 is 5.73 Å². The highest BCUT2D eigenvalue weighted by atomic mass is 32.1. The van der Waals surface area contributed by atoms with Crippen molar-refractivity contribution in [1.29, 1.82) is 0 Å². The van der Waals surface area contributed by atoms with E-state index in [1.165, 1.54) is 5.56 Å². The van der Waals surface area contributed by atoms with Gasteiger partial charge in [-0.1, -0.05) is 6.92 Å². The van der Waals surface area contributed by atoms with Crippen molar-refractivity contribution in [1.82, 2.24) is 19.9 Å². The number of nitrogen functional groups attached to an aromatic ring is 1. The summed E-state index contributed by atoms with van der Waals surface area (Å²) in [5.41, 5.74) is 7.23. The molecule has 0 aromatic carbocycles. The zero-order chi connectivity index (χ0) is 14.7. The standard InChI is InChI=1S/C15H17N5S/c1-2-20(9-11-3-6-17-7-4-11)10-13-18-14(16)12-5-8-21-15(12)19-13/h3-8H,2,9-10H2,1H3,(H2,16,18,19). The second-order valence-electron chi connectivity index (χ2n) is 4.82. The van der Waals surface area contributed by atoms with E-state index in [0.717, 1.165) is 29.1 Å². The van der Waals surface area contributed by atoms with E-state index in [4.69, 9.17) is 5.73 Å². The first kappa shape index (κ1) is 13.9. The fourth-order valence-corrected chi connectivity index (χ4v) is 3.01. The number of pyridine rings is 1. The normalized spacial score (nSPS) is 11.3. The minimum absolute atomic E-state index is 0.566. The highest BCUT2D eigenvalue weighted by molar-refractivity contribution is 7.16. The Morgan fingerprint density at radius 1 is 1.14 bits per heavy atom. The van der Waals surface area contributed by atoms with Gasteiger partial charge >= 0.3 is 0 Å². The molecule has 0 atom stereocenters. The maximum atomic E-state index is 6.00. The molecule has 6 heteroatoms. The van der Waals surface area contributed by atoms with Gasteiger partial charge in [-0.15, -0.1) is 11.3 Å². The van der Waals surface area contributed by atoms with Crippen molar-refractivity contribution in [3.8, 4) is 0 Å². The molecule has 0 aliphatic carbocycles. The number of thiophene rings is 1. The summed E-state index contributed by atoms with van der Waals surface area (Å²) in [6.45, 7) is 4.60. The van der Waals surface area contributed by atoms with Crippen LogP contribution in [0.1, 0.15) is 18.3 Å². The van der Waals surface area contributed by atoms with Gasteiger partial charge in [0.05, 0.1) is 11.9 Å². The van der Waals surface area contributed by atoms with E-state index in [1.54, 1.807) is 11.3 Å². The molecule has 0 saturated carbocycles. The predicted molar refractivity (Wildman–Crippen MR) is 85.9 cm³/mol. The fraction of sp³-hybridized carbons (Fsp3) is 0.267. The third-order valence-electron chi connectivity index (χ3n) is 3.37. The molecule has 5 nitrogen and oxygen atoms in total. The largest absolute Gasteiger partial charge is 0.383 e. The van der Waals surface area contributed by atoms with Gasteiger partial charge < -0.3 is 5.73 Å². The number of fused-ring (bicyclic) bond motifs is 1. The molecule has 0 spiro atoms. The average molecular weight is 299 g/mol. The molecule has 0 fully saturated rings. The molecule has 0 amide bonds. The molecule has 2 N–H and O–H groups in total. The van der Waals surface area contributed by atoms with Crippen LogP contribution in [0.25, 0.3) is 10.2 Å². The maximum absolute atomic E-state index is 6.00. The molecule has 3 aromatic rings. The molecule has 0 aliphatic rings. The maximum Gasteiger partial charge on any atom is 0.146 e. The SMILES string of the molecule is CCN(Cc1ccncc1)Cc1nc(N)c2ccsc2n1. The molecular weight excluding hydrogens is 282 g/mol. The summed E-state index contributed by atoms with van der Waals surface area (Å²) < 4.78 is 0. The Hall–Kier alpha value is -2.05. The molecular formula is C15H17N5S. The summed E-state index contributed by atoms with van der Waals surface area (Å²) in [6.07, 6.45) is 3.63. The minimum Gasteiger partial charge on any atom is -0.383 e. The predicted octanol–water partition coefficient (Wildman–Crippen LogP) is 2.69. The van der Waals surface area contributed by atoms with Crippen LogP contribution in [0.3, 0.4) is 0 Å². The number of nitrogens with two attached hydrogens (primary N) is 1. The summed E-state index contributed by atoms with van der Waals surface area (Å²) in [7, 11) is 0. The van der Waals surface area contributed by atoms with Crippen molar-refractivity contribution in [2.45, 2.75) is 20.0 Å². The van der Waals surface area contributed by atoms with E-state index >= 15 is 0 Å². The first-order valence-electron chi connectivity index (χ1n) is 6.87.